The van der Waals surface area contributed by atoms with Crippen LogP contribution >= 0.6 is 11.3 Å². The maximum absolute atomic E-state index is 4.26. The molecule has 1 aromatic heterocycles. The van der Waals surface area contributed by atoms with Crippen molar-refractivity contribution in [2.24, 2.45) is 0 Å². The lowest BCUT2D eigenvalue weighted by atomic mass is 10.1. The minimum Gasteiger partial charge on any atom is -0.380 e. The van der Waals surface area contributed by atoms with Crippen molar-refractivity contribution in [3.63, 3.8) is 0 Å². The van der Waals surface area contributed by atoms with Crippen LogP contribution in [0.3, 0.4) is 0 Å². The number of benzene rings is 1. The fourth-order valence-electron chi connectivity index (χ4n) is 1.84. The molecule has 1 heterocycles. The molecule has 2 nitrogen and oxygen atoms in total. The number of thiazole rings is 1. The number of nitrogens with one attached hydrogen (secondary N) is 1. The summed E-state index contributed by atoms with van der Waals surface area (Å²) < 4.78 is 0. The van der Waals surface area contributed by atoms with E-state index in [1.54, 1.807) is 11.3 Å². The smallest absolute Gasteiger partial charge is 0.0798 e. The van der Waals surface area contributed by atoms with Crippen molar-refractivity contribution in [1.82, 2.24) is 4.98 Å². The van der Waals surface area contributed by atoms with Gasteiger partial charge in [-0.3, -0.25) is 0 Å². The third-order valence-electron chi connectivity index (χ3n) is 3.03. The molecule has 0 saturated heterocycles. The van der Waals surface area contributed by atoms with E-state index in [-0.39, 0.29) is 0 Å². The Bertz CT molecular complexity index is 503. The molecule has 0 atom stereocenters. The summed E-state index contributed by atoms with van der Waals surface area (Å²) in [5.41, 5.74) is 7.01. The second kappa shape index (κ2) is 5.32. The standard InChI is InChI=1S/C14H18N2S/c1-4-12-7-13(6-5-10(12)2)15-8-14-11(3)16-9-17-14/h5-7,9,15H,4,8H2,1-3H3. The van der Waals surface area contributed by atoms with Gasteiger partial charge < -0.3 is 5.32 Å². The predicted molar refractivity (Wildman–Crippen MR) is 74.7 cm³/mol. The molecule has 0 saturated carbocycles. The van der Waals surface area contributed by atoms with Gasteiger partial charge in [0.2, 0.25) is 0 Å². The third-order valence-corrected chi connectivity index (χ3v) is 3.96. The van der Waals surface area contributed by atoms with Crippen LogP contribution in [0, 0.1) is 13.8 Å². The van der Waals surface area contributed by atoms with E-state index in [1.807, 2.05) is 5.51 Å². The Kier molecular flexibility index (Phi) is 3.79. The maximum atomic E-state index is 4.26. The zero-order chi connectivity index (χ0) is 12.3. The second-order valence-electron chi connectivity index (χ2n) is 4.21. The minimum atomic E-state index is 0.864. The Labute approximate surface area is 107 Å². The summed E-state index contributed by atoms with van der Waals surface area (Å²) in [6.45, 7) is 7.28. The van der Waals surface area contributed by atoms with Crippen LogP contribution < -0.4 is 5.32 Å². The van der Waals surface area contributed by atoms with Gasteiger partial charge in [-0.25, -0.2) is 4.98 Å². The van der Waals surface area contributed by atoms with Crippen molar-refractivity contribution in [1.29, 1.82) is 0 Å². The molecule has 0 aliphatic rings. The van der Waals surface area contributed by atoms with Crippen LogP contribution in [-0.2, 0) is 13.0 Å². The Morgan fingerprint density at radius 2 is 2.12 bits per heavy atom. The predicted octanol–water partition coefficient (Wildman–Crippen LogP) is 3.93. The Morgan fingerprint density at radius 1 is 1.29 bits per heavy atom. The van der Waals surface area contributed by atoms with E-state index in [9.17, 15) is 0 Å². The highest BCUT2D eigenvalue weighted by Gasteiger charge is 2.02. The highest BCUT2D eigenvalue weighted by molar-refractivity contribution is 7.09. The first-order chi connectivity index (χ1) is 8.20. The molecule has 0 amide bonds. The van der Waals surface area contributed by atoms with Crippen LogP contribution in [0.2, 0.25) is 0 Å². The van der Waals surface area contributed by atoms with Crippen LogP contribution in [-0.4, -0.2) is 4.98 Å². The Balaban J connectivity index is 2.07. The van der Waals surface area contributed by atoms with Gasteiger partial charge in [0, 0.05) is 10.6 Å². The summed E-state index contributed by atoms with van der Waals surface area (Å²) in [5, 5.41) is 3.46. The van der Waals surface area contributed by atoms with Gasteiger partial charge in [0.15, 0.2) is 0 Å². The van der Waals surface area contributed by atoms with E-state index in [1.165, 1.54) is 21.7 Å². The highest BCUT2D eigenvalue weighted by atomic mass is 32.1. The fourth-order valence-corrected chi connectivity index (χ4v) is 2.56. The van der Waals surface area contributed by atoms with Crippen LogP contribution in [0.1, 0.15) is 28.6 Å². The van der Waals surface area contributed by atoms with Gasteiger partial charge in [-0.15, -0.1) is 11.3 Å². The number of anilines is 1. The van der Waals surface area contributed by atoms with E-state index in [2.05, 4.69) is 49.3 Å². The van der Waals surface area contributed by atoms with E-state index in [0.717, 1.165) is 18.7 Å². The summed E-state index contributed by atoms with van der Waals surface area (Å²) in [6.07, 6.45) is 1.08. The number of hydrogen-bond donors (Lipinski definition) is 1. The zero-order valence-electron chi connectivity index (χ0n) is 10.6. The molecule has 0 unspecified atom stereocenters. The van der Waals surface area contributed by atoms with Gasteiger partial charge in [-0.1, -0.05) is 13.0 Å². The van der Waals surface area contributed by atoms with E-state index < -0.39 is 0 Å². The van der Waals surface area contributed by atoms with E-state index >= 15 is 0 Å². The van der Waals surface area contributed by atoms with Gasteiger partial charge in [0.1, 0.15) is 0 Å². The van der Waals surface area contributed by atoms with Crippen molar-refractivity contribution in [2.75, 3.05) is 5.32 Å². The number of hydrogen-bond acceptors (Lipinski definition) is 3. The van der Waals surface area contributed by atoms with Gasteiger partial charge in [-0.2, -0.15) is 0 Å². The van der Waals surface area contributed by atoms with Crippen LogP contribution in [0.5, 0.6) is 0 Å². The largest absolute Gasteiger partial charge is 0.380 e. The van der Waals surface area contributed by atoms with Crippen molar-refractivity contribution in [2.45, 2.75) is 33.7 Å². The van der Waals surface area contributed by atoms with Crippen LogP contribution in [0.4, 0.5) is 5.69 Å². The fraction of sp³-hybridized carbons (Fsp3) is 0.357. The molecule has 0 radical (unpaired) electrons. The van der Waals surface area contributed by atoms with Gasteiger partial charge >= 0.3 is 0 Å². The number of nitrogens with zero attached hydrogens (tertiary/aromatic N) is 1. The van der Waals surface area contributed by atoms with Gasteiger partial charge in [0.05, 0.1) is 17.7 Å². The number of aromatic nitrogens is 1. The molecule has 0 aliphatic heterocycles. The lowest BCUT2D eigenvalue weighted by Crippen LogP contribution is -2.00. The summed E-state index contributed by atoms with van der Waals surface area (Å²) in [5.74, 6) is 0. The van der Waals surface area contributed by atoms with Crippen molar-refractivity contribution in [3.8, 4) is 0 Å². The Hall–Kier alpha value is -1.35. The molecule has 0 aliphatic carbocycles. The maximum Gasteiger partial charge on any atom is 0.0798 e. The number of aryl methyl sites for hydroxylation is 3. The lowest BCUT2D eigenvalue weighted by Gasteiger charge is -2.09. The summed E-state index contributed by atoms with van der Waals surface area (Å²) >= 11 is 1.71. The zero-order valence-corrected chi connectivity index (χ0v) is 11.4. The molecule has 0 fully saturated rings. The Morgan fingerprint density at radius 3 is 2.76 bits per heavy atom. The van der Waals surface area contributed by atoms with Gasteiger partial charge in [-0.05, 0) is 43.5 Å². The molecule has 1 aromatic carbocycles. The molecular formula is C14H18N2S. The summed E-state index contributed by atoms with van der Waals surface area (Å²) in [6, 6.07) is 6.57. The monoisotopic (exact) mass is 246 g/mol. The average Bonchev–Trinajstić information content (AvgIpc) is 2.74. The lowest BCUT2D eigenvalue weighted by molar-refractivity contribution is 1.09. The molecule has 17 heavy (non-hydrogen) atoms. The quantitative estimate of drug-likeness (QED) is 0.884. The van der Waals surface area contributed by atoms with Crippen molar-refractivity contribution in [3.05, 3.63) is 45.4 Å². The first kappa shape index (κ1) is 12.1. The van der Waals surface area contributed by atoms with Crippen LogP contribution in [0.15, 0.2) is 23.7 Å². The second-order valence-corrected chi connectivity index (χ2v) is 5.15. The first-order valence-corrected chi connectivity index (χ1v) is 6.81. The van der Waals surface area contributed by atoms with Crippen LogP contribution in [0.25, 0.3) is 0 Å². The van der Waals surface area contributed by atoms with Crippen molar-refractivity contribution >= 4 is 17.0 Å². The molecule has 1 N–H and O–H groups in total. The average molecular weight is 246 g/mol. The number of rotatable bonds is 4. The third kappa shape index (κ3) is 2.86. The molecule has 0 bridgehead atoms. The molecule has 2 aromatic rings. The molecule has 0 spiro atoms. The van der Waals surface area contributed by atoms with Crippen molar-refractivity contribution < 1.29 is 0 Å². The molecule has 90 valence electrons. The highest BCUT2D eigenvalue weighted by Crippen LogP contribution is 2.18. The summed E-state index contributed by atoms with van der Waals surface area (Å²) in [7, 11) is 0. The molecule has 2 rings (SSSR count). The topological polar surface area (TPSA) is 24.9 Å². The van der Waals surface area contributed by atoms with E-state index in [4.69, 9.17) is 0 Å². The van der Waals surface area contributed by atoms with Gasteiger partial charge in [0.25, 0.3) is 0 Å². The summed E-state index contributed by atoms with van der Waals surface area (Å²) in [4.78, 5) is 5.56. The molecule has 3 heteroatoms. The minimum absolute atomic E-state index is 0.864. The van der Waals surface area contributed by atoms with E-state index in [0.29, 0.717) is 0 Å². The molecular weight excluding hydrogens is 228 g/mol. The SMILES string of the molecule is CCc1cc(NCc2scnc2C)ccc1C. The first-order valence-electron chi connectivity index (χ1n) is 5.93. The normalized spacial score (nSPS) is 10.5.